The number of unbranched alkanes of at least 4 members (excludes halogenated alkanes) is 1. The molecule has 10 nitrogen and oxygen atoms in total. The lowest BCUT2D eigenvalue weighted by molar-refractivity contribution is -0.137. The zero-order valence-electron chi connectivity index (χ0n) is 20.0. The van der Waals surface area contributed by atoms with Crippen molar-refractivity contribution >= 4 is 23.6 Å². The van der Waals surface area contributed by atoms with Gasteiger partial charge in [-0.2, -0.15) is 0 Å². The Bertz CT molecular complexity index is 770. The third-order valence-corrected chi connectivity index (χ3v) is 6.03. The van der Waals surface area contributed by atoms with E-state index in [9.17, 15) is 24.3 Å². The normalized spacial score (nSPS) is 18.8. The predicted octanol–water partition coefficient (Wildman–Crippen LogP) is 1.81. The maximum atomic E-state index is 12.6. The number of nitrogens with zero attached hydrogens (tertiary/aromatic N) is 1. The molecular weight excluding hydrogens is 426 g/mol. The number of nitrogens with one attached hydrogen (secondary N) is 3. The van der Waals surface area contributed by atoms with Crippen LogP contribution in [0.2, 0.25) is 0 Å². The molecule has 0 bridgehead atoms. The van der Waals surface area contributed by atoms with Crippen LogP contribution >= 0.6 is 0 Å². The smallest absolute Gasteiger partial charge is 0.315 e. The summed E-state index contributed by atoms with van der Waals surface area (Å²) < 4.78 is 0. The quantitative estimate of drug-likeness (QED) is 0.178. The fraction of sp³-hybridized carbons (Fsp3) is 0.739. The number of amides is 4. The molecule has 1 saturated heterocycles. The van der Waals surface area contributed by atoms with Crippen molar-refractivity contribution in [1.29, 1.82) is 0 Å². The Morgan fingerprint density at radius 2 is 1.85 bits per heavy atom. The summed E-state index contributed by atoms with van der Waals surface area (Å²) in [6.07, 6.45) is 8.00. The molecule has 1 aliphatic heterocycles. The third kappa shape index (κ3) is 8.58. The van der Waals surface area contributed by atoms with Crippen molar-refractivity contribution in [2.45, 2.75) is 90.1 Å². The fourth-order valence-corrected chi connectivity index (χ4v) is 4.08. The van der Waals surface area contributed by atoms with Gasteiger partial charge in [0.2, 0.25) is 17.6 Å². The summed E-state index contributed by atoms with van der Waals surface area (Å²) in [5.41, 5.74) is 5.11. The second kappa shape index (κ2) is 11.9. The number of ketones is 1. The second-order valence-corrected chi connectivity index (χ2v) is 10.0. The standard InChI is InChI=1S/C23H39N5O5/c1-23(2,3)27-22(33)25-14-18(29)28-13-7-12-17(28)21(32)26-16(19(30)20(24)31)11-5-4-8-15-9-6-10-15/h15-16,26,32H,4-14H2,1-3H3,(H2,24,31)(H2,25,27,33)/b21-17-. The lowest BCUT2D eigenvalue weighted by Gasteiger charge is -2.25. The zero-order valence-corrected chi connectivity index (χ0v) is 20.0. The van der Waals surface area contributed by atoms with Gasteiger partial charge in [0.25, 0.3) is 5.91 Å². The summed E-state index contributed by atoms with van der Waals surface area (Å²) in [5, 5.41) is 18.6. The monoisotopic (exact) mass is 465 g/mol. The number of likely N-dealkylation sites (tertiary alicyclic amines) is 1. The number of primary amides is 1. The average molecular weight is 466 g/mol. The van der Waals surface area contributed by atoms with E-state index in [4.69, 9.17) is 5.73 Å². The number of hydrogen-bond acceptors (Lipinski definition) is 6. The number of nitrogens with two attached hydrogens (primary N) is 1. The Morgan fingerprint density at radius 3 is 2.42 bits per heavy atom. The number of Topliss-reactive ketones (excluding diaryl/α,β-unsaturated/α-hetero) is 1. The van der Waals surface area contributed by atoms with Crippen LogP contribution in [-0.4, -0.2) is 58.3 Å². The topological polar surface area (TPSA) is 154 Å². The minimum absolute atomic E-state index is 0.233. The third-order valence-electron chi connectivity index (χ3n) is 6.03. The first kappa shape index (κ1) is 26.5. The Hall–Kier alpha value is -2.78. The average Bonchev–Trinajstić information content (AvgIpc) is 3.17. The highest BCUT2D eigenvalue weighted by Crippen LogP contribution is 2.31. The van der Waals surface area contributed by atoms with E-state index in [1.54, 1.807) is 0 Å². The summed E-state index contributed by atoms with van der Waals surface area (Å²) in [4.78, 5) is 49.7. The minimum Gasteiger partial charge on any atom is -0.494 e. The summed E-state index contributed by atoms with van der Waals surface area (Å²) in [6, 6.07) is -1.40. The van der Waals surface area contributed by atoms with Crippen LogP contribution < -0.4 is 21.7 Å². The number of aliphatic hydroxyl groups excluding tert-OH is 1. The van der Waals surface area contributed by atoms with Gasteiger partial charge in [-0.15, -0.1) is 0 Å². The molecule has 0 radical (unpaired) electrons. The Balaban J connectivity index is 1.96. The van der Waals surface area contributed by atoms with Crippen LogP contribution in [0.3, 0.4) is 0 Å². The Morgan fingerprint density at radius 1 is 1.15 bits per heavy atom. The summed E-state index contributed by atoms with van der Waals surface area (Å²) in [6.45, 7) is 5.64. The molecule has 0 aromatic carbocycles. The number of carbonyl (C=O) groups excluding carboxylic acids is 4. The van der Waals surface area contributed by atoms with Crippen molar-refractivity contribution in [2.24, 2.45) is 11.7 Å². The Labute approximate surface area is 195 Å². The van der Waals surface area contributed by atoms with E-state index in [0.717, 1.165) is 25.2 Å². The molecule has 1 saturated carbocycles. The van der Waals surface area contributed by atoms with Crippen LogP contribution in [0.25, 0.3) is 0 Å². The van der Waals surface area contributed by atoms with Crippen LogP contribution in [0.15, 0.2) is 11.6 Å². The van der Waals surface area contributed by atoms with Gasteiger partial charge in [-0.1, -0.05) is 38.5 Å². The molecule has 10 heteroatoms. The first-order chi connectivity index (χ1) is 15.5. The van der Waals surface area contributed by atoms with Crippen molar-refractivity contribution in [3.05, 3.63) is 11.6 Å². The molecule has 4 amide bonds. The number of aliphatic hydroxyl groups is 1. The van der Waals surface area contributed by atoms with E-state index in [1.165, 1.54) is 24.2 Å². The van der Waals surface area contributed by atoms with Crippen molar-refractivity contribution in [1.82, 2.24) is 20.9 Å². The lowest BCUT2D eigenvalue weighted by atomic mass is 9.81. The molecule has 1 aliphatic carbocycles. The van der Waals surface area contributed by atoms with E-state index in [-0.39, 0.29) is 18.3 Å². The second-order valence-electron chi connectivity index (χ2n) is 10.0. The molecule has 0 spiro atoms. The van der Waals surface area contributed by atoms with E-state index >= 15 is 0 Å². The number of urea groups is 1. The molecule has 33 heavy (non-hydrogen) atoms. The van der Waals surface area contributed by atoms with Gasteiger partial charge >= 0.3 is 6.03 Å². The van der Waals surface area contributed by atoms with Gasteiger partial charge in [0.05, 0.1) is 18.3 Å². The first-order valence-corrected chi connectivity index (χ1v) is 11.9. The number of rotatable bonds is 11. The van der Waals surface area contributed by atoms with Gasteiger partial charge in [-0.05, 0) is 46.0 Å². The van der Waals surface area contributed by atoms with E-state index in [1.807, 2.05) is 20.8 Å². The van der Waals surface area contributed by atoms with Gasteiger partial charge in [-0.25, -0.2) is 4.79 Å². The van der Waals surface area contributed by atoms with Crippen LogP contribution in [0.1, 0.15) is 78.6 Å². The molecule has 1 atom stereocenters. The minimum atomic E-state index is -1.06. The molecule has 0 aromatic heterocycles. The molecule has 186 valence electrons. The van der Waals surface area contributed by atoms with Crippen molar-refractivity contribution in [3.8, 4) is 0 Å². The summed E-state index contributed by atoms with van der Waals surface area (Å²) in [7, 11) is 0. The number of hydrogen-bond donors (Lipinski definition) is 5. The molecule has 6 N–H and O–H groups in total. The molecule has 1 unspecified atom stereocenters. The number of allylic oxidation sites excluding steroid dienone is 1. The van der Waals surface area contributed by atoms with Gasteiger partial charge in [0.1, 0.15) is 0 Å². The summed E-state index contributed by atoms with van der Waals surface area (Å²) >= 11 is 0. The maximum absolute atomic E-state index is 12.6. The highest BCUT2D eigenvalue weighted by Gasteiger charge is 2.30. The van der Waals surface area contributed by atoms with Gasteiger partial charge in [0.15, 0.2) is 0 Å². The molecule has 2 fully saturated rings. The lowest BCUT2D eigenvalue weighted by Crippen LogP contribution is -2.49. The molecule has 2 rings (SSSR count). The van der Waals surface area contributed by atoms with E-state index < -0.39 is 29.3 Å². The van der Waals surface area contributed by atoms with Crippen molar-refractivity contribution in [2.75, 3.05) is 13.1 Å². The van der Waals surface area contributed by atoms with Crippen LogP contribution in [-0.2, 0) is 14.4 Å². The predicted molar refractivity (Wildman–Crippen MR) is 124 cm³/mol. The molecule has 0 aromatic rings. The highest BCUT2D eigenvalue weighted by atomic mass is 16.3. The fourth-order valence-electron chi connectivity index (χ4n) is 4.08. The van der Waals surface area contributed by atoms with Gasteiger partial charge < -0.3 is 31.7 Å². The van der Waals surface area contributed by atoms with Crippen LogP contribution in [0, 0.1) is 5.92 Å². The van der Waals surface area contributed by atoms with Crippen molar-refractivity contribution in [3.63, 3.8) is 0 Å². The maximum Gasteiger partial charge on any atom is 0.315 e. The van der Waals surface area contributed by atoms with Crippen LogP contribution in [0.5, 0.6) is 0 Å². The Kier molecular flexibility index (Phi) is 9.55. The zero-order chi connectivity index (χ0) is 24.6. The SMILES string of the molecule is CC(C)(C)NC(=O)NCC(=O)N1CCC/C1=C(/O)NC(CCCCC1CCC1)C(=O)C(N)=O. The first-order valence-electron chi connectivity index (χ1n) is 11.9. The van der Waals surface area contributed by atoms with Crippen molar-refractivity contribution < 1.29 is 24.3 Å². The molecular formula is C23H39N5O5. The number of carbonyl (C=O) groups is 4. The van der Waals surface area contributed by atoms with Gasteiger partial charge in [-0.3, -0.25) is 14.4 Å². The summed E-state index contributed by atoms with van der Waals surface area (Å²) in [5.74, 6) is -1.77. The van der Waals surface area contributed by atoms with E-state index in [2.05, 4.69) is 16.0 Å². The molecule has 1 heterocycles. The van der Waals surface area contributed by atoms with Gasteiger partial charge in [0, 0.05) is 12.1 Å². The van der Waals surface area contributed by atoms with E-state index in [0.29, 0.717) is 31.5 Å². The molecule has 2 aliphatic rings. The highest BCUT2D eigenvalue weighted by molar-refractivity contribution is 6.37. The van der Waals surface area contributed by atoms with Crippen LogP contribution in [0.4, 0.5) is 4.79 Å². The largest absolute Gasteiger partial charge is 0.494 e.